The smallest absolute Gasteiger partial charge is 0.383 e. The predicted octanol–water partition coefficient (Wildman–Crippen LogP) is 0.212. The highest BCUT2D eigenvalue weighted by atomic mass is 19.4. The fraction of sp³-hybridized carbons (Fsp3) is 0.875. The minimum absolute atomic E-state index is 0.205. The summed E-state index contributed by atoms with van der Waals surface area (Å²) < 4.78 is 40.1. The lowest BCUT2D eigenvalue weighted by Gasteiger charge is -2.17. The molecular weight excluding hydrogens is 227 g/mol. The molecule has 0 heterocycles. The van der Waals surface area contributed by atoms with Gasteiger partial charge in [-0.3, -0.25) is 0 Å². The number of amides is 2. The molecule has 0 aliphatic heterocycles. The number of urea groups is 1. The van der Waals surface area contributed by atoms with Crippen LogP contribution >= 0.6 is 0 Å². The van der Waals surface area contributed by atoms with Gasteiger partial charge in [0.15, 0.2) is 0 Å². The fourth-order valence-corrected chi connectivity index (χ4v) is 1.02. The predicted molar refractivity (Wildman–Crippen MR) is 51.9 cm³/mol. The second-order valence-corrected chi connectivity index (χ2v) is 3.17. The highest BCUT2D eigenvalue weighted by Gasteiger charge is 2.27. The van der Waals surface area contributed by atoms with E-state index in [4.69, 9.17) is 10.5 Å². The van der Waals surface area contributed by atoms with Crippen LogP contribution in [0.3, 0.4) is 0 Å². The number of hydrogen-bond acceptors (Lipinski definition) is 3. The zero-order valence-electron chi connectivity index (χ0n) is 8.93. The van der Waals surface area contributed by atoms with Gasteiger partial charge in [0.05, 0.1) is 12.6 Å². The van der Waals surface area contributed by atoms with E-state index in [1.165, 1.54) is 7.11 Å². The quantitative estimate of drug-likeness (QED) is 0.624. The number of alkyl halides is 3. The molecule has 1 unspecified atom stereocenters. The first kappa shape index (κ1) is 15.0. The molecule has 0 radical (unpaired) electrons. The lowest BCUT2D eigenvalue weighted by Crippen LogP contribution is -2.47. The maximum atomic E-state index is 11.8. The number of ether oxygens (including phenoxy) is 1. The first-order valence-corrected chi connectivity index (χ1v) is 4.69. The Morgan fingerprint density at radius 2 is 2.12 bits per heavy atom. The maximum absolute atomic E-state index is 11.8. The van der Waals surface area contributed by atoms with E-state index in [0.717, 1.165) is 0 Å². The minimum Gasteiger partial charge on any atom is -0.383 e. The molecule has 8 heteroatoms. The van der Waals surface area contributed by atoms with Crippen molar-refractivity contribution in [1.82, 2.24) is 10.6 Å². The minimum atomic E-state index is -4.41. The van der Waals surface area contributed by atoms with Crippen molar-refractivity contribution in [2.24, 2.45) is 5.73 Å². The number of carbonyl (C=O) groups excluding carboxylic acids is 1. The SMILES string of the molecule is COCC(CCN)NC(=O)NCC(F)(F)F. The first-order chi connectivity index (χ1) is 7.39. The van der Waals surface area contributed by atoms with Crippen molar-refractivity contribution >= 4 is 6.03 Å². The summed E-state index contributed by atoms with van der Waals surface area (Å²) in [6.45, 7) is -0.842. The average molecular weight is 243 g/mol. The number of hydrogen-bond donors (Lipinski definition) is 3. The molecule has 0 bridgehead atoms. The molecule has 0 saturated carbocycles. The summed E-state index contributed by atoms with van der Waals surface area (Å²) in [6.07, 6.45) is -3.98. The molecule has 1 atom stereocenters. The van der Waals surface area contributed by atoms with Gasteiger partial charge in [-0.05, 0) is 13.0 Å². The highest BCUT2D eigenvalue weighted by molar-refractivity contribution is 5.74. The van der Waals surface area contributed by atoms with E-state index in [9.17, 15) is 18.0 Å². The van der Waals surface area contributed by atoms with Crippen LogP contribution in [0.4, 0.5) is 18.0 Å². The van der Waals surface area contributed by atoms with Gasteiger partial charge in [-0.15, -0.1) is 0 Å². The van der Waals surface area contributed by atoms with Crippen LogP contribution in [-0.4, -0.2) is 45.1 Å². The van der Waals surface area contributed by atoms with Crippen LogP contribution in [-0.2, 0) is 4.74 Å². The lowest BCUT2D eigenvalue weighted by atomic mass is 10.2. The second kappa shape index (κ2) is 7.29. The second-order valence-electron chi connectivity index (χ2n) is 3.17. The molecule has 0 aliphatic carbocycles. The summed E-state index contributed by atoms with van der Waals surface area (Å²) in [5.41, 5.74) is 5.27. The molecule has 0 aromatic rings. The largest absolute Gasteiger partial charge is 0.405 e. The molecular formula is C8H16F3N3O2. The van der Waals surface area contributed by atoms with Gasteiger partial charge in [-0.2, -0.15) is 13.2 Å². The molecule has 16 heavy (non-hydrogen) atoms. The van der Waals surface area contributed by atoms with E-state index in [-0.39, 0.29) is 12.6 Å². The van der Waals surface area contributed by atoms with Gasteiger partial charge >= 0.3 is 12.2 Å². The Labute approximate surface area is 91.5 Å². The Hall–Kier alpha value is -1.02. The van der Waals surface area contributed by atoms with Crippen molar-refractivity contribution in [2.45, 2.75) is 18.6 Å². The molecule has 5 nitrogen and oxygen atoms in total. The number of carbonyl (C=O) groups is 1. The number of nitrogens with two attached hydrogens (primary N) is 1. The Bertz CT molecular complexity index is 205. The summed E-state index contributed by atoms with van der Waals surface area (Å²) >= 11 is 0. The highest BCUT2D eigenvalue weighted by Crippen LogP contribution is 2.11. The van der Waals surface area contributed by atoms with Gasteiger partial charge in [0, 0.05) is 7.11 Å². The van der Waals surface area contributed by atoms with Crippen molar-refractivity contribution in [1.29, 1.82) is 0 Å². The van der Waals surface area contributed by atoms with Gasteiger partial charge in [-0.1, -0.05) is 0 Å². The zero-order chi connectivity index (χ0) is 12.6. The molecule has 0 aliphatic rings. The standard InChI is InChI=1S/C8H16F3N3O2/c1-16-4-6(2-3-12)14-7(15)13-5-8(9,10)11/h6H,2-5,12H2,1H3,(H2,13,14,15). The molecule has 0 aromatic carbocycles. The molecule has 96 valence electrons. The van der Waals surface area contributed by atoms with E-state index in [1.54, 1.807) is 5.32 Å². The topological polar surface area (TPSA) is 76.4 Å². The van der Waals surface area contributed by atoms with Crippen molar-refractivity contribution in [2.75, 3.05) is 26.8 Å². The van der Waals surface area contributed by atoms with Gasteiger partial charge in [0.2, 0.25) is 0 Å². The van der Waals surface area contributed by atoms with E-state index in [2.05, 4.69) is 5.32 Å². The average Bonchev–Trinajstić information content (AvgIpc) is 2.14. The van der Waals surface area contributed by atoms with Crippen LogP contribution in [0, 0.1) is 0 Å². The third-order valence-corrected chi connectivity index (χ3v) is 1.67. The molecule has 0 saturated heterocycles. The number of rotatable bonds is 6. The summed E-state index contributed by atoms with van der Waals surface area (Å²) in [5, 5.41) is 4.03. The Morgan fingerprint density at radius 1 is 1.50 bits per heavy atom. The van der Waals surface area contributed by atoms with Crippen LogP contribution in [0.25, 0.3) is 0 Å². The zero-order valence-corrected chi connectivity index (χ0v) is 8.93. The molecule has 0 rings (SSSR count). The summed E-state index contributed by atoms with van der Waals surface area (Å²) in [4.78, 5) is 11.0. The molecule has 4 N–H and O–H groups in total. The normalized spacial score (nSPS) is 13.3. The number of nitrogens with one attached hydrogen (secondary N) is 2. The Kier molecular flexibility index (Phi) is 6.82. The summed E-state index contributed by atoms with van der Waals surface area (Å²) in [6, 6.07) is -1.27. The van der Waals surface area contributed by atoms with E-state index >= 15 is 0 Å². The molecule has 0 spiro atoms. The molecule has 0 fully saturated rings. The Balaban J connectivity index is 3.90. The summed E-state index contributed by atoms with van der Waals surface area (Å²) in [7, 11) is 1.43. The van der Waals surface area contributed by atoms with Gasteiger partial charge in [-0.25, -0.2) is 4.79 Å². The number of methoxy groups -OCH3 is 1. The van der Waals surface area contributed by atoms with Crippen LogP contribution < -0.4 is 16.4 Å². The lowest BCUT2D eigenvalue weighted by molar-refractivity contribution is -0.122. The van der Waals surface area contributed by atoms with Gasteiger partial charge in [0.1, 0.15) is 6.54 Å². The van der Waals surface area contributed by atoms with Crippen molar-refractivity contribution in [3.05, 3.63) is 0 Å². The van der Waals surface area contributed by atoms with E-state index in [1.807, 2.05) is 0 Å². The van der Waals surface area contributed by atoms with Crippen LogP contribution in [0.15, 0.2) is 0 Å². The number of halogens is 3. The van der Waals surface area contributed by atoms with Crippen molar-refractivity contribution < 1.29 is 22.7 Å². The van der Waals surface area contributed by atoms with E-state index in [0.29, 0.717) is 13.0 Å². The third-order valence-electron chi connectivity index (χ3n) is 1.67. The Morgan fingerprint density at radius 3 is 2.56 bits per heavy atom. The maximum Gasteiger partial charge on any atom is 0.405 e. The van der Waals surface area contributed by atoms with Crippen LogP contribution in [0.1, 0.15) is 6.42 Å². The fourth-order valence-electron chi connectivity index (χ4n) is 1.02. The van der Waals surface area contributed by atoms with Crippen molar-refractivity contribution in [3.63, 3.8) is 0 Å². The van der Waals surface area contributed by atoms with Crippen LogP contribution in [0.5, 0.6) is 0 Å². The van der Waals surface area contributed by atoms with Gasteiger partial charge in [0.25, 0.3) is 0 Å². The molecule has 2 amide bonds. The molecule has 0 aromatic heterocycles. The monoisotopic (exact) mass is 243 g/mol. The van der Waals surface area contributed by atoms with E-state index < -0.39 is 18.8 Å². The summed E-state index contributed by atoms with van der Waals surface area (Å²) in [5.74, 6) is 0. The van der Waals surface area contributed by atoms with Gasteiger partial charge < -0.3 is 21.1 Å². The van der Waals surface area contributed by atoms with Crippen molar-refractivity contribution in [3.8, 4) is 0 Å². The first-order valence-electron chi connectivity index (χ1n) is 4.69. The third kappa shape index (κ3) is 8.30. The van der Waals surface area contributed by atoms with Crippen LogP contribution in [0.2, 0.25) is 0 Å².